The monoisotopic (exact) mass is 398 g/mol. The van der Waals surface area contributed by atoms with Crippen molar-refractivity contribution in [1.82, 2.24) is 5.32 Å². The molecule has 0 saturated heterocycles. The van der Waals surface area contributed by atoms with Crippen LogP contribution >= 0.6 is 0 Å². The van der Waals surface area contributed by atoms with Crippen molar-refractivity contribution in [2.75, 3.05) is 4.90 Å². The highest BCUT2D eigenvalue weighted by molar-refractivity contribution is 6.14. The lowest BCUT2D eigenvalue weighted by Gasteiger charge is -2.44. The van der Waals surface area contributed by atoms with E-state index in [0.717, 1.165) is 23.2 Å². The molecule has 0 bridgehead atoms. The van der Waals surface area contributed by atoms with Crippen LogP contribution in [0.2, 0.25) is 0 Å². The van der Waals surface area contributed by atoms with Crippen LogP contribution < -0.4 is 10.2 Å². The standard InChI is InChI=1S/C26H26N2O2/c1-3-19-13-15-22(16-14-19)28-24(29)23-12-8-7-11-21(23)17-26(28,2)25(30)27-18-20-9-5-4-6-10-20/h4-16H,3,17-18H2,1-2H3,(H,27,30). The maximum Gasteiger partial charge on any atom is 0.259 e. The Hall–Kier alpha value is -3.40. The SMILES string of the molecule is CCc1ccc(N2C(=O)c3ccccc3CC2(C)C(=O)NCc2ccccc2)cc1. The predicted molar refractivity (Wildman–Crippen MR) is 119 cm³/mol. The molecule has 4 heteroatoms. The minimum Gasteiger partial charge on any atom is -0.350 e. The highest BCUT2D eigenvalue weighted by Gasteiger charge is 2.47. The number of nitrogens with one attached hydrogen (secondary N) is 1. The quantitative estimate of drug-likeness (QED) is 0.687. The van der Waals surface area contributed by atoms with Crippen molar-refractivity contribution in [3.63, 3.8) is 0 Å². The second kappa shape index (κ2) is 8.15. The van der Waals surface area contributed by atoms with Gasteiger partial charge in [-0.15, -0.1) is 0 Å². The number of fused-ring (bicyclic) bond motifs is 1. The van der Waals surface area contributed by atoms with Crippen molar-refractivity contribution >= 4 is 17.5 Å². The summed E-state index contributed by atoms with van der Waals surface area (Å²) in [6.45, 7) is 4.38. The van der Waals surface area contributed by atoms with E-state index in [9.17, 15) is 9.59 Å². The molecule has 1 aliphatic rings. The molecule has 4 rings (SSSR count). The predicted octanol–water partition coefficient (Wildman–Crippen LogP) is 4.53. The van der Waals surface area contributed by atoms with Crippen LogP contribution in [0.3, 0.4) is 0 Å². The second-order valence-electron chi connectivity index (χ2n) is 7.94. The van der Waals surface area contributed by atoms with Gasteiger partial charge in [-0.05, 0) is 48.2 Å². The van der Waals surface area contributed by atoms with Gasteiger partial charge in [-0.2, -0.15) is 0 Å². The number of carbonyl (C=O) groups is 2. The van der Waals surface area contributed by atoms with Crippen LogP contribution in [0.1, 0.15) is 40.9 Å². The molecule has 2 amide bonds. The van der Waals surface area contributed by atoms with Gasteiger partial charge in [-0.1, -0.05) is 67.6 Å². The van der Waals surface area contributed by atoms with Gasteiger partial charge in [0.1, 0.15) is 5.54 Å². The summed E-state index contributed by atoms with van der Waals surface area (Å²) in [5, 5.41) is 3.05. The Morgan fingerprint density at radius 1 is 0.933 bits per heavy atom. The Morgan fingerprint density at radius 2 is 1.60 bits per heavy atom. The van der Waals surface area contributed by atoms with Crippen LogP contribution in [0.15, 0.2) is 78.9 Å². The van der Waals surface area contributed by atoms with Crippen molar-refractivity contribution < 1.29 is 9.59 Å². The molecule has 1 N–H and O–H groups in total. The van der Waals surface area contributed by atoms with Crippen molar-refractivity contribution in [3.05, 3.63) is 101 Å². The van der Waals surface area contributed by atoms with Crippen LogP contribution in [0.4, 0.5) is 5.69 Å². The van der Waals surface area contributed by atoms with Gasteiger partial charge in [-0.25, -0.2) is 0 Å². The maximum absolute atomic E-state index is 13.5. The van der Waals surface area contributed by atoms with Crippen molar-refractivity contribution in [2.24, 2.45) is 0 Å². The first kappa shape index (κ1) is 19.9. The van der Waals surface area contributed by atoms with E-state index in [1.807, 2.05) is 85.8 Å². The highest BCUT2D eigenvalue weighted by Crippen LogP contribution is 2.35. The third kappa shape index (κ3) is 3.61. The van der Waals surface area contributed by atoms with Crippen molar-refractivity contribution in [3.8, 4) is 0 Å². The molecule has 1 atom stereocenters. The summed E-state index contributed by atoms with van der Waals surface area (Å²) in [6.07, 6.45) is 1.39. The zero-order chi connectivity index (χ0) is 21.1. The molecule has 1 aliphatic heterocycles. The Labute approximate surface area is 177 Å². The first-order chi connectivity index (χ1) is 14.5. The first-order valence-corrected chi connectivity index (χ1v) is 10.4. The Bertz CT molecular complexity index is 1060. The van der Waals surface area contributed by atoms with E-state index in [0.29, 0.717) is 18.5 Å². The van der Waals surface area contributed by atoms with E-state index in [-0.39, 0.29) is 11.8 Å². The van der Waals surface area contributed by atoms with Crippen LogP contribution in [-0.2, 0) is 24.2 Å². The largest absolute Gasteiger partial charge is 0.350 e. The number of rotatable bonds is 5. The van der Waals surface area contributed by atoms with Gasteiger partial charge in [0.15, 0.2) is 0 Å². The maximum atomic E-state index is 13.5. The molecule has 1 unspecified atom stereocenters. The lowest BCUT2D eigenvalue weighted by atomic mass is 9.82. The average Bonchev–Trinajstić information content (AvgIpc) is 2.78. The molecule has 0 radical (unpaired) electrons. The van der Waals surface area contributed by atoms with E-state index in [1.54, 1.807) is 4.90 Å². The van der Waals surface area contributed by atoms with Crippen LogP contribution in [0, 0.1) is 0 Å². The topological polar surface area (TPSA) is 49.4 Å². The molecule has 0 aliphatic carbocycles. The average molecular weight is 399 g/mol. The lowest BCUT2D eigenvalue weighted by Crippen LogP contribution is -2.63. The zero-order valence-corrected chi connectivity index (χ0v) is 17.4. The summed E-state index contributed by atoms with van der Waals surface area (Å²) in [5.41, 5.74) is 3.50. The van der Waals surface area contributed by atoms with Gasteiger partial charge in [0.2, 0.25) is 5.91 Å². The van der Waals surface area contributed by atoms with Crippen LogP contribution in [-0.4, -0.2) is 17.4 Å². The van der Waals surface area contributed by atoms with E-state index in [2.05, 4.69) is 12.2 Å². The fourth-order valence-corrected chi connectivity index (χ4v) is 4.11. The molecule has 30 heavy (non-hydrogen) atoms. The van der Waals surface area contributed by atoms with Gasteiger partial charge in [-0.3, -0.25) is 14.5 Å². The van der Waals surface area contributed by atoms with E-state index >= 15 is 0 Å². The molecule has 0 spiro atoms. The summed E-state index contributed by atoms with van der Waals surface area (Å²) in [6, 6.07) is 25.3. The number of anilines is 1. The van der Waals surface area contributed by atoms with Crippen molar-refractivity contribution in [1.29, 1.82) is 0 Å². The zero-order valence-electron chi connectivity index (χ0n) is 17.4. The number of hydrogen-bond donors (Lipinski definition) is 1. The Morgan fingerprint density at radius 3 is 2.30 bits per heavy atom. The Balaban J connectivity index is 1.71. The first-order valence-electron chi connectivity index (χ1n) is 10.4. The molecule has 0 fully saturated rings. The fourth-order valence-electron chi connectivity index (χ4n) is 4.11. The van der Waals surface area contributed by atoms with Gasteiger partial charge < -0.3 is 5.32 Å². The number of aryl methyl sites for hydroxylation is 1. The van der Waals surface area contributed by atoms with Gasteiger partial charge in [0.25, 0.3) is 5.91 Å². The number of carbonyl (C=O) groups excluding carboxylic acids is 2. The normalized spacial score (nSPS) is 18.1. The summed E-state index contributed by atoms with van der Waals surface area (Å²) in [4.78, 5) is 28.6. The molecule has 3 aromatic rings. The minimum absolute atomic E-state index is 0.140. The third-order valence-corrected chi connectivity index (χ3v) is 5.87. The summed E-state index contributed by atoms with van der Waals surface area (Å²) < 4.78 is 0. The van der Waals surface area contributed by atoms with Gasteiger partial charge >= 0.3 is 0 Å². The lowest BCUT2D eigenvalue weighted by molar-refractivity contribution is -0.126. The van der Waals surface area contributed by atoms with Gasteiger partial charge in [0, 0.05) is 24.2 Å². The number of benzene rings is 3. The molecular weight excluding hydrogens is 372 g/mol. The van der Waals surface area contributed by atoms with Crippen LogP contribution in [0.25, 0.3) is 0 Å². The highest BCUT2D eigenvalue weighted by atomic mass is 16.2. The molecule has 4 nitrogen and oxygen atoms in total. The Kier molecular flexibility index (Phi) is 5.40. The molecule has 152 valence electrons. The summed E-state index contributed by atoms with van der Waals surface area (Å²) in [5.74, 6) is -0.299. The van der Waals surface area contributed by atoms with Crippen molar-refractivity contribution in [2.45, 2.75) is 38.8 Å². The number of hydrogen-bond acceptors (Lipinski definition) is 2. The minimum atomic E-state index is -1.02. The number of nitrogens with zero attached hydrogens (tertiary/aromatic N) is 1. The number of amides is 2. The fraction of sp³-hybridized carbons (Fsp3) is 0.231. The molecule has 0 aromatic heterocycles. The summed E-state index contributed by atoms with van der Waals surface area (Å²) >= 11 is 0. The second-order valence-corrected chi connectivity index (χ2v) is 7.94. The smallest absolute Gasteiger partial charge is 0.259 e. The van der Waals surface area contributed by atoms with E-state index in [4.69, 9.17) is 0 Å². The summed E-state index contributed by atoms with van der Waals surface area (Å²) in [7, 11) is 0. The van der Waals surface area contributed by atoms with E-state index in [1.165, 1.54) is 5.56 Å². The van der Waals surface area contributed by atoms with Gasteiger partial charge in [0.05, 0.1) is 0 Å². The third-order valence-electron chi connectivity index (χ3n) is 5.87. The van der Waals surface area contributed by atoms with E-state index < -0.39 is 5.54 Å². The molecular formula is C26H26N2O2. The van der Waals surface area contributed by atoms with Crippen LogP contribution in [0.5, 0.6) is 0 Å². The molecule has 0 saturated carbocycles. The molecule has 3 aromatic carbocycles. The molecule has 1 heterocycles.